The van der Waals surface area contributed by atoms with Crippen molar-refractivity contribution in [2.24, 2.45) is 0 Å². The van der Waals surface area contributed by atoms with E-state index in [-0.39, 0.29) is 0 Å². The third-order valence-corrected chi connectivity index (χ3v) is 4.23. The maximum Gasteiger partial charge on any atom is 0.279 e. The number of nitrogens with one attached hydrogen (secondary N) is 2. The first-order chi connectivity index (χ1) is 6.67. The van der Waals surface area contributed by atoms with Crippen LogP contribution in [0.5, 0.6) is 0 Å². The topological polar surface area (TPSA) is 61.4 Å². The van der Waals surface area contributed by atoms with Gasteiger partial charge in [-0.25, -0.2) is 4.72 Å². The molecule has 0 amide bonds. The summed E-state index contributed by atoms with van der Waals surface area (Å²) in [5, 5.41) is 3.12. The second-order valence-electron chi connectivity index (χ2n) is 3.04. The van der Waals surface area contributed by atoms with Gasteiger partial charge in [-0.2, -0.15) is 24.5 Å². The van der Waals surface area contributed by atoms with Crippen molar-refractivity contribution in [3.8, 4) is 0 Å². The van der Waals surface area contributed by atoms with Crippen molar-refractivity contribution in [2.75, 3.05) is 44.7 Å². The number of hydrogen-bond donors (Lipinski definition) is 2. The summed E-state index contributed by atoms with van der Waals surface area (Å²) in [6.07, 6.45) is 1.96. The molecule has 5 nitrogen and oxygen atoms in total. The minimum Gasteiger partial charge on any atom is -0.314 e. The van der Waals surface area contributed by atoms with Crippen molar-refractivity contribution in [1.82, 2.24) is 14.3 Å². The van der Waals surface area contributed by atoms with E-state index in [4.69, 9.17) is 0 Å². The van der Waals surface area contributed by atoms with E-state index >= 15 is 0 Å². The van der Waals surface area contributed by atoms with Crippen molar-refractivity contribution in [3.63, 3.8) is 0 Å². The van der Waals surface area contributed by atoms with Crippen LogP contribution in [0.3, 0.4) is 0 Å². The summed E-state index contributed by atoms with van der Waals surface area (Å²) in [7, 11) is -3.23. The lowest BCUT2D eigenvalue weighted by Crippen LogP contribution is -2.50. The molecule has 84 valence electrons. The zero-order chi connectivity index (χ0) is 10.4. The van der Waals surface area contributed by atoms with Crippen LogP contribution in [0.4, 0.5) is 0 Å². The number of hydrogen-bond acceptors (Lipinski definition) is 4. The van der Waals surface area contributed by atoms with Crippen LogP contribution >= 0.6 is 11.8 Å². The Balaban J connectivity index is 2.38. The van der Waals surface area contributed by atoms with Crippen LogP contribution in [0.2, 0.25) is 0 Å². The lowest BCUT2D eigenvalue weighted by atomic mass is 10.4. The molecule has 0 saturated carbocycles. The molecule has 0 aromatic carbocycles. The zero-order valence-electron chi connectivity index (χ0n) is 8.32. The van der Waals surface area contributed by atoms with E-state index in [1.54, 1.807) is 11.8 Å². The highest BCUT2D eigenvalue weighted by Gasteiger charge is 2.22. The molecule has 0 radical (unpaired) electrons. The summed E-state index contributed by atoms with van der Waals surface area (Å²) in [4.78, 5) is 0. The van der Waals surface area contributed by atoms with Crippen molar-refractivity contribution in [2.45, 2.75) is 0 Å². The van der Waals surface area contributed by atoms with Crippen LogP contribution in [0, 0.1) is 0 Å². The monoisotopic (exact) mass is 239 g/mol. The van der Waals surface area contributed by atoms with Gasteiger partial charge in [0, 0.05) is 38.5 Å². The molecule has 0 bridgehead atoms. The number of thioether (sulfide) groups is 1. The van der Waals surface area contributed by atoms with Gasteiger partial charge in [0.2, 0.25) is 0 Å². The van der Waals surface area contributed by atoms with Gasteiger partial charge >= 0.3 is 0 Å². The quantitative estimate of drug-likeness (QED) is 0.610. The molecule has 14 heavy (non-hydrogen) atoms. The molecule has 1 heterocycles. The van der Waals surface area contributed by atoms with E-state index in [9.17, 15) is 8.42 Å². The molecule has 0 aromatic rings. The van der Waals surface area contributed by atoms with Crippen molar-refractivity contribution < 1.29 is 8.42 Å². The Morgan fingerprint density at radius 2 is 2.07 bits per heavy atom. The van der Waals surface area contributed by atoms with E-state index in [0.717, 1.165) is 18.8 Å². The van der Waals surface area contributed by atoms with Crippen LogP contribution in [0.25, 0.3) is 0 Å². The van der Waals surface area contributed by atoms with Crippen LogP contribution in [0.15, 0.2) is 0 Å². The average Bonchev–Trinajstić information content (AvgIpc) is 2.19. The highest BCUT2D eigenvalue weighted by atomic mass is 32.2. The summed E-state index contributed by atoms with van der Waals surface area (Å²) in [6.45, 7) is 3.11. The normalized spacial score (nSPS) is 19.8. The van der Waals surface area contributed by atoms with Gasteiger partial charge in [0.05, 0.1) is 0 Å². The van der Waals surface area contributed by atoms with Gasteiger partial charge in [0.15, 0.2) is 0 Å². The van der Waals surface area contributed by atoms with Gasteiger partial charge in [-0.1, -0.05) is 0 Å². The van der Waals surface area contributed by atoms with Crippen LogP contribution in [0.1, 0.15) is 0 Å². The smallest absolute Gasteiger partial charge is 0.279 e. The summed E-state index contributed by atoms with van der Waals surface area (Å²) in [5.74, 6) is 0.811. The fraction of sp³-hybridized carbons (Fsp3) is 1.00. The first-order valence-electron chi connectivity index (χ1n) is 4.61. The van der Waals surface area contributed by atoms with Crippen LogP contribution in [-0.4, -0.2) is 57.5 Å². The molecule has 1 saturated heterocycles. The van der Waals surface area contributed by atoms with E-state index in [0.29, 0.717) is 19.6 Å². The van der Waals surface area contributed by atoms with Crippen LogP contribution < -0.4 is 10.0 Å². The van der Waals surface area contributed by atoms with Gasteiger partial charge in [-0.3, -0.25) is 0 Å². The highest BCUT2D eigenvalue weighted by Crippen LogP contribution is 1.99. The molecule has 0 spiro atoms. The third kappa shape index (κ3) is 3.74. The lowest BCUT2D eigenvalue weighted by molar-refractivity contribution is 0.355. The second-order valence-corrected chi connectivity index (χ2v) is 5.78. The Morgan fingerprint density at radius 1 is 1.43 bits per heavy atom. The molecule has 7 heteroatoms. The highest BCUT2D eigenvalue weighted by molar-refractivity contribution is 7.98. The van der Waals surface area contributed by atoms with Crippen molar-refractivity contribution >= 4 is 22.0 Å². The fourth-order valence-electron chi connectivity index (χ4n) is 1.25. The minimum atomic E-state index is -3.23. The first kappa shape index (κ1) is 12.3. The standard InChI is InChI=1S/C7H17N3O2S2/c1-13-7-4-9-14(11,12)10-5-2-8-3-6-10/h8-9H,2-7H2,1H3. The van der Waals surface area contributed by atoms with Gasteiger partial charge in [-0.15, -0.1) is 0 Å². The number of rotatable bonds is 5. The van der Waals surface area contributed by atoms with E-state index < -0.39 is 10.2 Å². The largest absolute Gasteiger partial charge is 0.314 e. The summed E-state index contributed by atoms with van der Waals surface area (Å²) >= 11 is 1.63. The Hall–Kier alpha value is 0.180. The Morgan fingerprint density at radius 3 is 2.64 bits per heavy atom. The molecule has 1 aliphatic heterocycles. The molecule has 0 unspecified atom stereocenters. The molecule has 2 N–H and O–H groups in total. The predicted molar refractivity (Wildman–Crippen MR) is 59.7 cm³/mol. The van der Waals surface area contributed by atoms with E-state index in [1.807, 2.05) is 6.26 Å². The van der Waals surface area contributed by atoms with Crippen molar-refractivity contribution in [1.29, 1.82) is 0 Å². The molecule has 1 rings (SSSR count). The molecule has 1 fully saturated rings. The Kier molecular flexibility index (Phi) is 5.18. The third-order valence-electron chi connectivity index (χ3n) is 2.01. The average molecular weight is 239 g/mol. The van der Waals surface area contributed by atoms with Crippen molar-refractivity contribution in [3.05, 3.63) is 0 Å². The summed E-state index contributed by atoms with van der Waals surface area (Å²) in [5.41, 5.74) is 0. The van der Waals surface area contributed by atoms with Gasteiger partial charge in [0.25, 0.3) is 10.2 Å². The predicted octanol–water partition coefficient (Wildman–Crippen LogP) is -0.911. The molecule has 0 aromatic heterocycles. The van der Waals surface area contributed by atoms with Crippen LogP contribution in [-0.2, 0) is 10.2 Å². The second kappa shape index (κ2) is 5.92. The van der Waals surface area contributed by atoms with E-state index in [2.05, 4.69) is 10.0 Å². The molecule has 0 atom stereocenters. The summed E-state index contributed by atoms with van der Waals surface area (Å²) in [6, 6.07) is 0. The van der Waals surface area contributed by atoms with Gasteiger partial charge in [-0.05, 0) is 6.26 Å². The molecular formula is C7H17N3O2S2. The maximum atomic E-state index is 11.6. The Bertz CT molecular complexity index is 250. The minimum absolute atomic E-state index is 0.507. The SMILES string of the molecule is CSCCNS(=O)(=O)N1CCNCC1. The fourth-order valence-corrected chi connectivity index (χ4v) is 2.89. The molecule has 1 aliphatic rings. The number of nitrogens with zero attached hydrogens (tertiary/aromatic N) is 1. The number of piperazine rings is 1. The summed E-state index contributed by atoms with van der Waals surface area (Å²) < 4.78 is 27.3. The van der Waals surface area contributed by atoms with Gasteiger partial charge < -0.3 is 5.32 Å². The molecule has 0 aliphatic carbocycles. The Labute approximate surface area is 89.8 Å². The maximum absolute atomic E-state index is 11.6. The first-order valence-corrected chi connectivity index (χ1v) is 7.44. The van der Waals surface area contributed by atoms with Gasteiger partial charge in [0.1, 0.15) is 0 Å². The molecular weight excluding hydrogens is 222 g/mol. The zero-order valence-corrected chi connectivity index (χ0v) is 9.96. The lowest BCUT2D eigenvalue weighted by Gasteiger charge is -2.26. The van der Waals surface area contributed by atoms with E-state index in [1.165, 1.54) is 4.31 Å².